The average Bonchev–Trinajstić information content (AvgIpc) is 2.81. The predicted octanol–water partition coefficient (Wildman–Crippen LogP) is 2.04. The SMILES string of the molecule is CC(C)(C)S(=O)CCC(OCCO)C1C=CC=C1. The molecular formula is C14H24O3S. The smallest absolute Gasteiger partial charge is 0.0701 e. The van der Waals surface area contributed by atoms with Gasteiger partial charge >= 0.3 is 0 Å². The van der Waals surface area contributed by atoms with Crippen molar-refractivity contribution in [1.82, 2.24) is 0 Å². The third-order valence-corrected chi connectivity index (χ3v) is 4.87. The summed E-state index contributed by atoms with van der Waals surface area (Å²) in [4.78, 5) is 0. The van der Waals surface area contributed by atoms with Gasteiger partial charge in [0, 0.05) is 27.2 Å². The van der Waals surface area contributed by atoms with E-state index >= 15 is 0 Å². The first kappa shape index (κ1) is 15.6. The van der Waals surface area contributed by atoms with Gasteiger partial charge in [0.1, 0.15) is 0 Å². The van der Waals surface area contributed by atoms with Crippen molar-refractivity contribution in [3.05, 3.63) is 24.3 Å². The zero-order chi connectivity index (χ0) is 13.6. The lowest BCUT2D eigenvalue weighted by molar-refractivity contribution is 0.0141. The monoisotopic (exact) mass is 272 g/mol. The van der Waals surface area contributed by atoms with Crippen LogP contribution in [0.25, 0.3) is 0 Å². The van der Waals surface area contributed by atoms with E-state index in [4.69, 9.17) is 9.84 Å². The van der Waals surface area contributed by atoms with Crippen LogP contribution >= 0.6 is 0 Å². The Kier molecular flexibility index (Phi) is 6.26. The van der Waals surface area contributed by atoms with Crippen LogP contribution in [0.1, 0.15) is 27.2 Å². The number of hydrogen-bond acceptors (Lipinski definition) is 3. The van der Waals surface area contributed by atoms with Crippen molar-refractivity contribution in [2.75, 3.05) is 19.0 Å². The van der Waals surface area contributed by atoms with Crippen molar-refractivity contribution in [2.24, 2.45) is 5.92 Å². The molecule has 1 rings (SSSR count). The van der Waals surface area contributed by atoms with Crippen molar-refractivity contribution in [1.29, 1.82) is 0 Å². The van der Waals surface area contributed by atoms with Crippen LogP contribution in [-0.2, 0) is 15.5 Å². The van der Waals surface area contributed by atoms with Crippen LogP contribution in [0.15, 0.2) is 24.3 Å². The van der Waals surface area contributed by atoms with Crippen molar-refractivity contribution in [3.8, 4) is 0 Å². The number of ether oxygens (including phenoxy) is 1. The molecular weight excluding hydrogens is 248 g/mol. The molecule has 0 aliphatic heterocycles. The molecule has 0 heterocycles. The van der Waals surface area contributed by atoms with E-state index in [1.54, 1.807) is 0 Å². The molecule has 1 N–H and O–H groups in total. The molecule has 2 unspecified atom stereocenters. The van der Waals surface area contributed by atoms with E-state index in [1.807, 2.05) is 32.9 Å². The number of hydrogen-bond donors (Lipinski definition) is 1. The maximum atomic E-state index is 12.0. The Morgan fingerprint density at radius 2 is 1.94 bits per heavy atom. The highest BCUT2D eigenvalue weighted by atomic mass is 32.2. The molecule has 0 saturated carbocycles. The Balaban J connectivity index is 2.48. The van der Waals surface area contributed by atoms with Crippen molar-refractivity contribution >= 4 is 10.8 Å². The molecule has 0 saturated heterocycles. The van der Waals surface area contributed by atoms with Gasteiger partial charge < -0.3 is 9.84 Å². The van der Waals surface area contributed by atoms with E-state index in [1.165, 1.54) is 0 Å². The summed E-state index contributed by atoms with van der Waals surface area (Å²) >= 11 is 0. The minimum atomic E-state index is -0.854. The van der Waals surface area contributed by atoms with Gasteiger partial charge in [-0.3, -0.25) is 4.21 Å². The van der Waals surface area contributed by atoms with Gasteiger partial charge in [-0.25, -0.2) is 0 Å². The highest BCUT2D eigenvalue weighted by Crippen LogP contribution is 2.21. The molecule has 1 aliphatic carbocycles. The summed E-state index contributed by atoms with van der Waals surface area (Å²) < 4.78 is 17.5. The van der Waals surface area contributed by atoms with Crippen molar-refractivity contribution in [3.63, 3.8) is 0 Å². The summed E-state index contributed by atoms with van der Waals surface area (Å²) in [7, 11) is -0.854. The second-order valence-electron chi connectivity index (χ2n) is 5.43. The molecule has 104 valence electrons. The maximum absolute atomic E-state index is 12.0. The third-order valence-electron chi connectivity index (χ3n) is 2.90. The first-order chi connectivity index (χ1) is 8.45. The zero-order valence-corrected chi connectivity index (χ0v) is 12.3. The maximum Gasteiger partial charge on any atom is 0.0701 e. The van der Waals surface area contributed by atoms with Gasteiger partial charge in [-0.1, -0.05) is 24.3 Å². The van der Waals surface area contributed by atoms with Gasteiger partial charge in [0.25, 0.3) is 0 Å². The molecule has 0 aromatic carbocycles. The fraction of sp³-hybridized carbons (Fsp3) is 0.714. The minimum Gasteiger partial charge on any atom is -0.394 e. The summed E-state index contributed by atoms with van der Waals surface area (Å²) in [5.74, 6) is 0.881. The summed E-state index contributed by atoms with van der Waals surface area (Å²) in [6.45, 7) is 6.33. The predicted molar refractivity (Wildman–Crippen MR) is 76.0 cm³/mol. The Hall–Kier alpha value is -0.450. The molecule has 0 bridgehead atoms. The number of aliphatic hydroxyl groups excluding tert-OH is 1. The Labute approximate surface area is 112 Å². The lowest BCUT2D eigenvalue weighted by Gasteiger charge is -2.24. The molecule has 0 amide bonds. The van der Waals surface area contributed by atoms with Crippen LogP contribution in [-0.4, -0.2) is 39.1 Å². The number of aliphatic hydroxyl groups is 1. The van der Waals surface area contributed by atoms with E-state index < -0.39 is 10.8 Å². The molecule has 0 aromatic rings. The quantitative estimate of drug-likeness (QED) is 0.771. The zero-order valence-electron chi connectivity index (χ0n) is 11.5. The molecule has 0 spiro atoms. The molecule has 3 nitrogen and oxygen atoms in total. The van der Waals surface area contributed by atoms with Gasteiger partial charge in [-0.2, -0.15) is 0 Å². The van der Waals surface area contributed by atoms with Crippen LogP contribution in [0, 0.1) is 5.92 Å². The second-order valence-corrected chi connectivity index (χ2v) is 7.75. The van der Waals surface area contributed by atoms with E-state index in [0.29, 0.717) is 12.4 Å². The topological polar surface area (TPSA) is 46.5 Å². The second kappa shape index (κ2) is 7.22. The molecule has 0 aromatic heterocycles. The minimum absolute atomic E-state index is 0.0125. The Bertz CT molecular complexity index is 316. The molecule has 0 radical (unpaired) electrons. The largest absolute Gasteiger partial charge is 0.394 e. The number of allylic oxidation sites excluding steroid dienone is 2. The number of rotatable bonds is 7. The highest BCUT2D eigenvalue weighted by molar-refractivity contribution is 7.86. The van der Waals surface area contributed by atoms with Gasteiger partial charge in [0.2, 0.25) is 0 Å². The summed E-state index contributed by atoms with van der Waals surface area (Å²) in [5, 5.41) is 8.84. The van der Waals surface area contributed by atoms with Gasteiger partial charge in [-0.05, 0) is 27.2 Å². The van der Waals surface area contributed by atoms with Gasteiger partial charge in [0.15, 0.2) is 0 Å². The summed E-state index contributed by atoms with van der Waals surface area (Å²) in [5.41, 5.74) is 0. The molecule has 4 heteroatoms. The molecule has 0 fully saturated rings. The fourth-order valence-corrected chi connectivity index (χ4v) is 2.88. The molecule has 1 aliphatic rings. The lowest BCUT2D eigenvalue weighted by Crippen LogP contribution is -2.29. The van der Waals surface area contributed by atoms with Crippen molar-refractivity contribution in [2.45, 2.75) is 38.0 Å². The van der Waals surface area contributed by atoms with Gasteiger partial charge in [0.05, 0.1) is 19.3 Å². The standard InChI is InChI=1S/C14H24O3S/c1-14(2,3)18(16)11-8-13(17-10-9-15)12-6-4-5-7-12/h4-7,12-13,15H,8-11H2,1-3H3. The van der Waals surface area contributed by atoms with Crippen LogP contribution in [0.4, 0.5) is 0 Å². The van der Waals surface area contributed by atoms with Crippen LogP contribution < -0.4 is 0 Å². The van der Waals surface area contributed by atoms with E-state index in [9.17, 15) is 4.21 Å². The Morgan fingerprint density at radius 1 is 1.33 bits per heavy atom. The first-order valence-electron chi connectivity index (χ1n) is 6.41. The highest BCUT2D eigenvalue weighted by Gasteiger charge is 2.24. The third kappa shape index (κ3) is 5.04. The summed E-state index contributed by atoms with van der Waals surface area (Å²) in [6.07, 6.45) is 8.94. The van der Waals surface area contributed by atoms with E-state index in [0.717, 1.165) is 6.42 Å². The Morgan fingerprint density at radius 3 is 2.44 bits per heavy atom. The summed E-state index contributed by atoms with van der Waals surface area (Å²) in [6, 6.07) is 0. The first-order valence-corrected chi connectivity index (χ1v) is 7.73. The van der Waals surface area contributed by atoms with Crippen LogP contribution in [0.2, 0.25) is 0 Å². The molecule has 18 heavy (non-hydrogen) atoms. The van der Waals surface area contributed by atoms with E-state index in [2.05, 4.69) is 12.2 Å². The van der Waals surface area contributed by atoms with Crippen LogP contribution in [0.3, 0.4) is 0 Å². The average molecular weight is 272 g/mol. The lowest BCUT2D eigenvalue weighted by atomic mass is 10.0. The normalized spacial score (nSPS) is 19.3. The molecule has 2 atom stereocenters. The van der Waals surface area contributed by atoms with Crippen LogP contribution in [0.5, 0.6) is 0 Å². The van der Waals surface area contributed by atoms with E-state index in [-0.39, 0.29) is 23.4 Å². The fourth-order valence-electron chi connectivity index (χ4n) is 1.82. The van der Waals surface area contributed by atoms with Gasteiger partial charge in [-0.15, -0.1) is 0 Å². The van der Waals surface area contributed by atoms with Crippen molar-refractivity contribution < 1.29 is 14.1 Å².